The number of aromatic nitrogens is 5. The maximum atomic E-state index is 5.72. The summed E-state index contributed by atoms with van der Waals surface area (Å²) in [4.78, 5) is 19.7. The minimum atomic E-state index is 0.353. The maximum absolute atomic E-state index is 5.72. The molecular weight excluding hydrogens is 204 g/mol. The Morgan fingerprint density at radius 1 is 1.12 bits per heavy atom. The summed E-state index contributed by atoms with van der Waals surface area (Å²) in [5.41, 5.74) is 8.42. The summed E-state index contributed by atoms with van der Waals surface area (Å²) in [6.07, 6.45) is 6.53. The second-order valence-electron chi connectivity index (χ2n) is 3.26. The third kappa shape index (κ3) is 1.28. The first-order valence-electron chi connectivity index (χ1n) is 4.71. The van der Waals surface area contributed by atoms with Crippen molar-refractivity contribution in [1.29, 1.82) is 0 Å². The summed E-state index contributed by atoms with van der Waals surface area (Å²) in [6, 6.07) is 1.85. The van der Waals surface area contributed by atoms with Crippen molar-refractivity contribution in [2.24, 2.45) is 0 Å². The molecule has 0 aliphatic heterocycles. The lowest BCUT2D eigenvalue weighted by atomic mass is 10.3. The predicted molar refractivity (Wildman–Crippen MR) is 59.3 cm³/mol. The lowest BCUT2D eigenvalue weighted by Gasteiger charge is -2.01. The Bertz CT molecular complexity index is 644. The fraction of sp³-hybridized carbons (Fsp3) is 0. The van der Waals surface area contributed by atoms with Crippen molar-refractivity contribution >= 4 is 17.0 Å². The Morgan fingerprint density at radius 3 is 2.88 bits per heavy atom. The molecule has 0 aliphatic carbocycles. The van der Waals surface area contributed by atoms with Crippen LogP contribution in [-0.4, -0.2) is 24.9 Å². The van der Waals surface area contributed by atoms with E-state index in [0.29, 0.717) is 17.2 Å². The second-order valence-corrected chi connectivity index (χ2v) is 3.26. The molecule has 0 fully saturated rings. The van der Waals surface area contributed by atoms with Gasteiger partial charge in [-0.1, -0.05) is 0 Å². The van der Waals surface area contributed by atoms with Gasteiger partial charge in [-0.25, -0.2) is 19.9 Å². The number of aromatic amines is 1. The van der Waals surface area contributed by atoms with E-state index < -0.39 is 0 Å². The number of anilines is 1. The van der Waals surface area contributed by atoms with E-state index >= 15 is 0 Å². The normalized spacial score (nSPS) is 10.8. The highest BCUT2D eigenvalue weighted by Gasteiger charge is 2.08. The SMILES string of the molecule is Nc1nccnc1-c1cnc2[nH]ccc2n1. The van der Waals surface area contributed by atoms with E-state index in [9.17, 15) is 0 Å². The number of hydrogen-bond donors (Lipinski definition) is 2. The quantitative estimate of drug-likeness (QED) is 0.627. The first kappa shape index (κ1) is 8.78. The molecule has 0 saturated heterocycles. The second kappa shape index (κ2) is 3.27. The van der Waals surface area contributed by atoms with Gasteiger partial charge in [0.1, 0.15) is 16.9 Å². The summed E-state index contributed by atoms with van der Waals surface area (Å²) in [7, 11) is 0. The molecule has 3 heterocycles. The van der Waals surface area contributed by atoms with Crippen molar-refractivity contribution < 1.29 is 0 Å². The van der Waals surface area contributed by atoms with Gasteiger partial charge < -0.3 is 10.7 Å². The molecule has 0 unspecified atom stereocenters. The van der Waals surface area contributed by atoms with Gasteiger partial charge in [-0.05, 0) is 6.07 Å². The van der Waals surface area contributed by atoms with E-state index in [2.05, 4.69) is 24.9 Å². The zero-order valence-corrected chi connectivity index (χ0v) is 8.25. The number of nitrogens with two attached hydrogens (primary N) is 1. The fourth-order valence-electron chi connectivity index (χ4n) is 1.49. The fourth-order valence-corrected chi connectivity index (χ4v) is 1.49. The summed E-state index contributed by atoms with van der Waals surface area (Å²) < 4.78 is 0. The van der Waals surface area contributed by atoms with Gasteiger partial charge in [-0.3, -0.25) is 0 Å². The van der Waals surface area contributed by atoms with Gasteiger partial charge >= 0.3 is 0 Å². The Hall–Kier alpha value is -2.50. The van der Waals surface area contributed by atoms with Gasteiger partial charge in [0.05, 0.1) is 6.20 Å². The Morgan fingerprint density at radius 2 is 2.00 bits per heavy atom. The van der Waals surface area contributed by atoms with Crippen LogP contribution in [0, 0.1) is 0 Å². The molecule has 0 saturated carbocycles. The molecule has 16 heavy (non-hydrogen) atoms. The van der Waals surface area contributed by atoms with Crippen LogP contribution in [0.4, 0.5) is 5.82 Å². The van der Waals surface area contributed by atoms with Gasteiger partial charge in [0.2, 0.25) is 0 Å². The molecule has 3 N–H and O–H groups in total. The largest absolute Gasteiger partial charge is 0.382 e. The number of H-pyrrole nitrogens is 1. The van der Waals surface area contributed by atoms with E-state index in [1.165, 1.54) is 0 Å². The van der Waals surface area contributed by atoms with Crippen LogP contribution in [0.15, 0.2) is 30.9 Å². The highest BCUT2D eigenvalue weighted by atomic mass is 14.9. The molecule has 0 atom stereocenters. The lowest BCUT2D eigenvalue weighted by molar-refractivity contribution is 1.18. The molecular formula is C10H8N6. The molecule has 6 nitrogen and oxygen atoms in total. The summed E-state index contributed by atoms with van der Waals surface area (Å²) >= 11 is 0. The zero-order valence-electron chi connectivity index (χ0n) is 8.25. The van der Waals surface area contributed by atoms with E-state index in [1.54, 1.807) is 24.8 Å². The van der Waals surface area contributed by atoms with Crippen LogP contribution in [-0.2, 0) is 0 Å². The molecule has 3 aromatic rings. The van der Waals surface area contributed by atoms with Crippen molar-refractivity contribution in [3.63, 3.8) is 0 Å². The Labute approximate surface area is 90.6 Å². The third-order valence-electron chi connectivity index (χ3n) is 2.23. The van der Waals surface area contributed by atoms with Crippen LogP contribution in [0.3, 0.4) is 0 Å². The molecule has 0 bridgehead atoms. The number of nitrogen functional groups attached to an aromatic ring is 1. The third-order valence-corrected chi connectivity index (χ3v) is 2.23. The highest BCUT2D eigenvalue weighted by Crippen LogP contribution is 2.19. The van der Waals surface area contributed by atoms with E-state index in [-0.39, 0.29) is 0 Å². The van der Waals surface area contributed by atoms with E-state index in [0.717, 1.165) is 11.2 Å². The van der Waals surface area contributed by atoms with Crippen LogP contribution < -0.4 is 5.73 Å². The molecule has 3 rings (SSSR count). The molecule has 0 aliphatic rings. The minimum Gasteiger partial charge on any atom is -0.382 e. The molecule has 0 amide bonds. The van der Waals surface area contributed by atoms with Crippen molar-refractivity contribution in [2.75, 3.05) is 5.73 Å². The zero-order chi connectivity index (χ0) is 11.0. The van der Waals surface area contributed by atoms with E-state index in [1.807, 2.05) is 6.07 Å². The molecule has 78 valence electrons. The number of nitrogens with zero attached hydrogens (tertiary/aromatic N) is 4. The van der Waals surface area contributed by atoms with Gasteiger partial charge in [0.15, 0.2) is 11.5 Å². The maximum Gasteiger partial charge on any atom is 0.156 e. The Balaban J connectivity index is 2.22. The molecule has 6 heteroatoms. The molecule has 0 aromatic carbocycles. The number of nitrogens with one attached hydrogen (secondary N) is 1. The molecule has 0 spiro atoms. The van der Waals surface area contributed by atoms with Gasteiger partial charge in [0, 0.05) is 18.6 Å². The monoisotopic (exact) mass is 212 g/mol. The predicted octanol–water partition coefficient (Wildman–Crippen LogP) is 0.997. The summed E-state index contributed by atoms with van der Waals surface area (Å²) in [6.45, 7) is 0. The van der Waals surface area contributed by atoms with Gasteiger partial charge in [-0.2, -0.15) is 0 Å². The van der Waals surface area contributed by atoms with Crippen LogP contribution in [0.5, 0.6) is 0 Å². The van der Waals surface area contributed by atoms with Crippen molar-refractivity contribution in [3.8, 4) is 11.4 Å². The van der Waals surface area contributed by atoms with Crippen LogP contribution in [0.2, 0.25) is 0 Å². The number of rotatable bonds is 1. The molecule has 0 radical (unpaired) electrons. The van der Waals surface area contributed by atoms with Crippen molar-refractivity contribution in [2.45, 2.75) is 0 Å². The summed E-state index contributed by atoms with van der Waals surface area (Å²) in [5, 5.41) is 0. The average molecular weight is 212 g/mol. The lowest BCUT2D eigenvalue weighted by Crippen LogP contribution is -1.98. The van der Waals surface area contributed by atoms with Crippen molar-refractivity contribution in [3.05, 3.63) is 30.9 Å². The van der Waals surface area contributed by atoms with Crippen LogP contribution in [0.25, 0.3) is 22.6 Å². The first-order valence-corrected chi connectivity index (χ1v) is 4.71. The van der Waals surface area contributed by atoms with Crippen LogP contribution in [0.1, 0.15) is 0 Å². The average Bonchev–Trinajstić information content (AvgIpc) is 2.76. The Kier molecular flexibility index (Phi) is 1.79. The van der Waals surface area contributed by atoms with Gasteiger partial charge in [0.25, 0.3) is 0 Å². The minimum absolute atomic E-state index is 0.353. The van der Waals surface area contributed by atoms with Crippen LogP contribution >= 0.6 is 0 Å². The number of hydrogen-bond acceptors (Lipinski definition) is 5. The molecule has 3 aromatic heterocycles. The number of fused-ring (bicyclic) bond motifs is 1. The van der Waals surface area contributed by atoms with Gasteiger partial charge in [-0.15, -0.1) is 0 Å². The standard InChI is InChI=1S/C10H8N6/c11-9-8(12-3-4-13-9)7-5-15-10-6(16-7)1-2-14-10/h1-5H,(H2,11,13)(H,14,15). The smallest absolute Gasteiger partial charge is 0.156 e. The van der Waals surface area contributed by atoms with E-state index in [4.69, 9.17) is 5.73 Å². The first-order chi connectivity index (χ1) is 7.84. The highest BCUT2D eigenvalue weighted by molar-refractivity contribution is 5.75. The topological polar surface area (TPSA) is 93.4 Å². The van der Waals surface area contributed by atoms with Crippen molar-refractivity contribution in [1.82, 2.24) is 24.9 Å². The summed E-state index contributed by atoms with van der Waals surface area (Å²) in [5.74, 6) is 0.353.